The lowest BCUT2D eigenvalue weighted by Gasteiger charge is -2.31. The van der Waals surface area contributed by atoms with Crippen LogP contribution in [0.1, 0.15) is 50.7 Å². The Bertz CT molecular complexity index is 762. The Morgan fingerprint density at radius 3 is 2.31 bits per heavy atom. The van der Waals surface area contributed by atoms with Gasteiger partial charge in [-0.25, -0.2) is 0 Å². The minimum Gasteiger partial charge on any atom is -0.354 e. The topological polar surface area (TPSA) is 49.4 Å². The molecule has 29 heavy (non-hydrogen) atoms. The smallest absolute Gasteiger partial charge is 0.242 e. The van der Waals surface area contributed by atoms with Crippen LogP contribution in [0.4, 0.5) is 0 Å². The molecular weight excluding hydrogens is 384 g/mol. The first-order valence-electron chi connectivity index (χ1n) is 10.4. The molecule has 2 rings (SSSR count). The van der Waals surface area contributed by atoms with Crippen molar-refractivity contribution >= 4 is 23.4 Å². The molecule has 0 spiro atoms. The third-order valence-corrected chi connectivity index (χ3v) is 5.20. The quantitative estimate of drug-likeness (QED) is 0.526. The van der Waals surface area contributed by atoms with Gasteiger partial charge in [0.05, 0.1) is 0 Å². The highest BCUT2D eigenvalue weighted by Crippen LogP contribution is 2.17. The van der Waals surface area contributed by atoms with E-state index < -0.39 is 6.04 Å². The summed E-state index contributed by atoms with van der Waals surface area (Å²) >= 11 is 5.99. The highest BCUT2D eigenvalue weighted by Gasteiger charge is 2.28. The van der Waals surface area contributed by atoms with E-state index in [-0.39, 0.29) is 11.8 Å². The van der Waals surface area contributed by atoms with E-state index in [2.05, 4.69) is 12.2 Å². The van der Waals surface area contributed by atoms with Gasteiger partial charge < -0.3 is 10.2 Å². The summed E-state index contributed by atoms with van der Waals surface area (Å²) in [7, 11) is 0. The molecular formula is C24H31ClN2O2. The Balaban J connectivity index is 2.14. The third-order valence-electron chi connectivity index (χ3n) is 4.95. The van der Waals surface area contributed by atoms with Gasteiger partial charge in [0.2, 0.25) is 11.8 Å². The number of unbranched alkanes of at least 4 members (excludes halogenated alkanes) is 1. The van der Waals surface area contributed by atoms with E-state index in [1.54, 1.807) is 4.90 Å². The summed E-state index contributed by atoms with van der Waals surface area (Å²) in [5.74, 6) is -0.0933. The van der Waals surface area contributed by atoms with Crippen LogP contribution in [0.25, 0.3) is 0 Å². The third kappa shape index (κ3) is 7.54. The number of carbonyl (C=O) groups excluding carboxylic acids is 2. The van der Waals surface area contributed by atoms with Crippen molar-refractivity contribution in [3.63, 3.8) is 0 Å². The number of rotatable bonds is 11. The second kappa shape index (κ2) is 12.3. The first-order chi connectivity index (χ1) is 14.0. The number of benzene rings is 2. The van der Waals surface area contributed by atoms with Crippen molar-refractivity contribution in [1.29, 1.82) is 0 Å². The summed E-state index contributed by atoms with van der Waals surface area (Å²) in [5.41, 5.74) is 2.08. The predicted molar refractivity (Wildman–Crippen MR) is 119 cm³/mol. The van der Waals surface area contributed by atoms with Crippen molar-refractivity contribution in [3.05, 3.63) is 70.7 Å². The fourth-order valence-corrected chi connectivity index (χ4v) is 3.38. The lowest BCUT2D eigenvalue weighted by Crippen LogP contribution is -2.49. The molecule has 0 radical (unpaired) electrons. The molecule has 0 fully saturated rings. The lowest BCUT2D eigenvalue weighted by molar-refractivity contribution is -0.141. The van der Waals surface area contributed by atoms with E-state index in [9.17, 15) is 9.59 Å². The minimum absolute atomic E-state index is 0.0127. The summed E-state index contributed by atoms with van der Waals surface area (Å²) < 4.78 is 0. The van der Waals surface area contributed by atoms with Gasteiger partial charge >= 0.3 is 0 Å². The second-order valence-electron chi connectivity index (χ2n) is 7.20. The zero-order valence-electron chi connectivity index (χ0n) is 17.4. The first kappa shape index (κ1) is 23.0. The number of hydrogen-bond donors (Lipinski definition) is 1. The Morgan fingerprint density at radius 1 is 1.00 bits per heavy atom. The molecule has 0 heterocycles. The maximum atomic E-state index is 13.1. The molecule has 0 bridgehead atoms. The molecule has 4 nitrogen and oxygen atoms in total. The number of halogens is 1. The fourth-order valence-electron chi connectivity index (χ4n) is 3.25. The Hall–Kier alpha value is -2.33. The summed E-state index contributed by atoms with van der Waals surface area (Å²) in [6.07, 6.45) is 3.55. The standard InChI is InChI=1S/C24H31ClN2O2/c1-3-5-17-26-24(29)22(4-2)27(18-20-11-14-21(25)15-12-20)23(28)16-13-19-9-7-6-8-10-19/h6-12,14-15,22H,3-5,13,16-18H2,1-2H3,(H,26,29). The molecule has 0 saturated carbocycles. The van der Waals surface area contributed by atoms with E-state index >= 15 is 0 Å². The van der Waals surface area contributed by atoms with E-state index in [0.717, 1.165) is 24.0 Å². The van der Waals surface area contributed by atoms with Gasteiger partial charge in [-0.1, -0.05) is 74.3 Å². The van der Waals surface area contributed by atoms with Crippen molar-refractivity contribution < 1.29 is 9.59 Å². The van der Waals surface area contributed by atoms with Crippen LogP contribution in [0.15, 0.2) is 54.6 Å². The number of nitrogens with zero attached hydrogens (tertiary/aromatic N) is 1. The number of aryl methyl sites for hydroxylation is 1. The van der Waals surface area contributed by atoms with Gasteiger partial charge in [0.15, 0.2) is 0 Å². The summed E-state index contributed by atoms with van der Waals surface area (Å²) in [4.78, 5) is 27.6. The van der Waals surface area contributed by atoms with Gasteiger partial charge in [0.25, 0.3) is 0 Å². The van der Waals surface area contributed by atoms with Crippen LogP contribution >= 0.6 is 11.6 Å². The van der Waals surface area contributed by atoms with E-state index in [4.69, 9.17) is 11.6 Å². The fraction of sp³-hybridized carbons (Fsp3) is 0.417. The molecule has 0 aliphatic carbocycles. The summed E-state index contributed by atoms with van der Waals surface area (Å²) in [5, 5.41) is 3.64. The van der Waals surface area contributed by atoms with Crippen molar-refractivity contribution in [2.24, 2.45) is 0 Å². The van der Waals surface area contributed by atoms with Crippen LogP contribution in [-0.2, 0) is 22.6 Å². The number of nitrogens with one attached hydrogen (secondary N) is 1. The molecule has 156 valence electrons. The molecule has 1 atom stereocenters. The van der Waals surface area contributed by atoms with Gasteiger partial charge in [0.1, 0.15) is 6.04 Å². The number of carbonyl (C=O) groups is 2. The van der Waals surface area contributed by atoms with Gasteiger partial charge in [-0.15, -0.1) is 0 Å². The van der Waals surface area contributed by atoms with Crippen molar-refractivity contribution in [3.8, 4) is 0 Å². The predicted octanol–water partition coefficient (Wildman–Crippen LogP) is 5.00. The molecule has 2 aromatic rings. The first-order valence-corrected chi connectivity index (χ1v) is 10.8. The molecule has 0 aliphatic rings. The van der Waals surface area contributed by atoms with Gasteiger partial charge in [-0.05, 0) is 42.5 Å². The van der Waals surface area contributed by atoms with Gasteiger partial charge in [-0.3, -0.25) is 9.59 Å². The van der Waals surface area contributed by atoms with E-state index in [1.165, 1.54) is 0 Å². The molecule has 0 aliphatic heterocycles. The van der Waals surface area contributed by atoms with Gasteiger partial charge in [0, 0.05) is 24.5 Å². The largest absolute Gasteiger partial charge is 0.354 e. The highest BCUT2D eigenvalue weighted by atomic mass is 35.5. The average Bonchev–Trinajstić information content (AvgIpc) is 2.74. The summed E-state index contributed by atoms with van der Waals surface area (Å²) in [6, 6.07) is 16.9. The molecule has 2 aromatic carbocycles. The Kier molecular flexibility index (Phi) is 9.72. The molecule has 1 N–H and O–H groups in total. The monoisotopic (exact) mass is 414 g/mol. The highest BCUT2D eigenvalue weighted by molar-refractivity contribution is 6.30. The molecule has 0 aromatic heterocycles. The maximum Gasteiger partial charge on any atom is 0.242 e. The minimum atomic E-state index is -0.481. The Morgan fingerprint density at radius 2 is 1.69 bits per heavy atom. The Labute approximate surface area is 179 Å². The van der Waals surface area contributed by atoms with Crippen molar-refractivity contribution in [2.45, 2.75) is 58.5 Å². The molecule has 2 amide bonds. The van der Waals surface area contributed by atoms with E-state index in [1.807, 2.05) is 61.5 Å². The molecule has 5 heteroatoms. The zero-order valence-corrected chi connectivity index (χ0v) is 18.1. The average molecular weight is 415 g/mol. The van der Waals surface area contributed by atoms with Gasteiger partial charge in [-0.2, -0.15) is 0 Å². The van der Waals surface area contributed by atoms with Crippen LogP contribution in [0.3, 0.4) is 0 Å². The van der Waals surface area contributed by atoms with Crippen LogP contribution in [-0.4, -0.2) is 29.3 Å². The number of hydrogen-bond acceptors (Lipinski definition) is 2. The lowest BCUT2D eigenvalue weighted by atomic mass is 10.1. The van der Waals surface area contributed by atoms with Crippen LogP contribution in [0.5, 0.6) is 0 Å². The van der Waals surface area contributed by atoms with Crippen LogP contribution < -0.4 is 5.32 Å². The number of amides is 2. The molecule has 1 unspecified atom stereocenters. The molecule has 0 saturated heterocycles. The SMILES string of the molecule is CCCCNC(=O)C(CC)N(Cc1ccc(Cl)cc1)C(=O)CCc1ccccc1. The second-order valence-corrected chi connectivity index (χ2v) is 7.64. The normalized spacial score (nSPS) is 11.7. The summed E-state index contributed by atoms with van der Waals surface area (Å²) in [6.45, 7) is 5.07. The maximum absolute atomic E-state index is 13.1. The van der Waals surface area contributed by atoms with Crippen LogP contribution in [0.2, 0.25) is 5.02 Å². The zero-order chi connectivity index (χ0) is 21.1. The van der Waals surface area contributed by atoms with Crippen molar-refractivity contribution in [1.82, 2.24) is 10.2 Å². The van der Waals surface area contributed by atoms with E-state index in [0.29, 0.717) is 37.4 Å². The van der Waals surface area contributed by atoms with Crippen LogP contribution in [0, 0.1) is 0 Å². The van der Waals surface area contributed by atoms with Crippen molar-refractivity contribution in [2.75, 3.05) is 6.54 Å².